The second-order valence-corrected chi connectivity index (χ2v) is 6.77. The molecule has 1 heterocycles. The van der Waals surface area contributed by atoms with Gasteiger partial charge in [0.2, 0.25) is 6.41 Å². The molecule has 3 rings (SSSR count). The molecule has 2 aromatic carbocycles. The zero-order chi connectivity index (χ0) is 19.9. The molecular formula is C23H26N2O3. The van der Waals surface area contributed by atoms with E-state index >= 15 is 0 Å². The number of rotatable bonds is 9. The van der Waals surface area contributed by atoms with Gasteiger partial charge in [-0.05, 0) is 49.2 Å². The Morgan fingerprint density at radius 2 is 1.96 bits per heavy atom. The molecule has 0 saturated carbocycles. The lowest BCUT2D eigenvalue weighted by atomic mass is 10.0. The van der Waals surface area contributed by atoms with Crippen LogP contribution in [0.3, 0.4) is 0 Å². The van der Waals surface area contributed by atoms with Crippen molar-refractivity contribution in [2.45, 2.75) is 33.1 Å². The van der Waals surface area contributed by atoms with Crippen LogP contribution in [0.4, 0.5) is 5.69 Å². The van der Waals surface area contributed by atoms with Crippen molar-refractivity contribution in [2.24, 2.45) is 0 Å². The Morgan fingerprint density at radius 1 is 1.14 bits per heavy atom. The second-order valence-electron chi connectivity index (χ2n) is 6.77. The molecule has 146 valence electrons. The molecule has 3 aromatic rings. The van der Waals surface area contributed by atoms with E-state index in [4.69, 9.17) is 4.74 Å². The van der Waals surface area contributed by atoms with Gasteiger partial charge in [0.1, 0.15) is 0 Å². The Hall–Kier alpha value is -3.08. The van der Waals surface area contributed by atoms with E-state index in [-0.39, 0.29) is 5.97 Å². The fourth-order valence-electron chi connectivity index (χ4n) is 3.31. The lowest BCUT2D eigenvalue weighted by Gasteiger charge is -2.16. The van der Waals surface area contributed by atoms with E-state index in [9.17, 15) is 9.59 Å². The van der Waals surface area contributed by atoms with Crippen molar-refractivity contribution in [3.63, 3.8) is 0 Å². The minimum Gasteiger partial charge on any atom is -0.462 e. The van der Waals surface area contributed by atoms with Crippen molar-refractivity contribution in [2.75, 3.05) is 18.1 Å². The zero-order valence-electron chi connectivity index (χ0n) is 16.4. The van der Waals surface area contributed by atoms with Crippen LogP contribution < -0.4 is 4.90 Å². The highest BCUT2D eigenvalue weighted by Gasteiger charge is 2.13. The Morgan fingerprint density at radius 3 is 2.71 bits per heavy atom. The number of unbranched alkanes of at least 4 members (excludes halogenated alkanes) is 1. The number of nitrogens with zero attached hydrogens (tertiary/aromatic N) is 1. The number of esters is 1. The van der Waals surface area contributed by atoms with Crippen LogP contribution in [0.15, 0.2) is 48.5 Å². The summed E-state index contributed by atoms with van der Waals surface area (Å²) in [5, 5.41) is 1.05. The summed E-state index contributed by atoms with van der Waals surface area (Å²) in [5.41, 5.74) is 4.43. The number of hydrogen-bond donors (Lipinski definition) is 1. The van der Waals surface area contributed by atoms with Gasteiger partial charge in [0.25, 0.3) is 0 Å². The third kappa shape index (κ3) is 4.42. The highest BCUT2D eigenvalue weighted by Crippen LogP contribution is 2.24. The number of H-pyrrole nitrogens is 1. The smallest absolute Gasteiger partial charge is 0.338 e. The fourth-order valence-corrected chi connectivity index (χ4v) is 3.31. The molecule has 0 atom stereocenters. The van der Waals surface area contributed by atoms with Crippen LogP contribution in [-0.2, 0) is 16.0 Å². The molecule has 1 aromatic heterocycles. The van der Waals surface area contributed by atoms with Gasteiger partial charge < -0.3 is 14.6 Å². The summed E-state index contributed by atoms with van der Waals surface area (Å²) in [5.74, 6) is -0.297. The van der Waals surface area contributed by atoms with Gasteiger partial charge in [-0.3, -0.25) is 4.79 Å². The molecule has 28 heavy (non-hydrogen) atoms. The van der Waals surface area contributed by atoms with E-state index in [0.717, 1.165) is 53.6 Å². The highest BCUT2D eigenvalue weighted by molar-refractivity contribution is 5.91. The lowest BCUT2D eigenvalue weighted by Crippen LogP contribution is -2.21. The van der Waals surface area contributed by atoms with Crippen LogP contribution in [-0.4, -0.2) is 30.5 Å². The van der Waals surface area contributed by atoms with Crippen molar-refractivity contribution in [1.82, 2.24) is 4.98 Å². The normalized spacial score (nSPS) is 10.8. The van der Waals surface area contributed by atoms with Crippen LogP contribution in [0.2, 0.25) is 0 Å². The van der Waals surface area contributed by atoms with Gasteiger partial charge in [0.05, 0.1) is 12.2 Å². The molecule has 1 amide bonds. The largest absolute Gasteiger partial charge is 0.462 e. The monoisotopic (exact) mass is 378 g/mol. The predicted octanol–water partition coefficient (Wildman–Crippen LogP) is 4.70. The van der Waals surface area contributed by atoms with Gasteiger partial charge in [-0.1, -0.05) is 31.5 Å². The minimum absolute atomic E-state index is 0.297. The summed E-state index contributed by atoms with van der Waals surface area (Å²) in [4.78, 5) is 28.8. The van der Waals surface area contributed by atoms with Gasteiger partial charge in [0.15, 0.2) is 0 Å². The Labute approximate surface area is 165 Å². The van der Waals surface area contributed by atoms with E-state index in [1.165, 1.54) is 0 Å². The number of nitrogens with one attached hydrogen (secondary N) is 1. The number of amides is 1. The van der Waals surface area contributed by atoms with Crippen LogP contribution in [0.25, 0.3) is 10.9 Å². The zero-order valence-corrected chi connectivity index (χ0v) is 16.4. The Balaban J connectivity index is 1.86. The van der Waals surface area contributed by atoms with E-state index in [1.54, 1.807) is 17.9 Å². The molecule has 0 spiro atoms. The summed E-state index contributed by atoms with van der Waals surface area (Å²) in [7, 11) is 0. The van der Waals surface area contributed by atoms with Gasteiger partial charge in [0, 0.05) is 35.2 Å². The van der Waals surface area contributed by atoms with Gasteiger partial charge in [-0.15, -0.1) is 0 Å². The molecule has 0 bridgehead atoms. The molecule has 0 aliphatic carbocycles. The SMILES string of the molecule is CCCCN(C=O)c1ccc2[nH]c(Cc3ccccc3C(=O)OCC)cc2c1. The maximum atomic E-state index is 12.2. The van der Waals surface area contributed by atoms with Crippen molar-refractivity contribution in [1.29, 1.82) is 0 Å². The first kappa shape index (κ1) is 19.7. The summed E-state index contributed by atoms with van der Waals surface area (Å²) >= 11 is 0. The third-order valence-electron chi connectivity index (χ3n) is 4.77. The number of hydrogen-bond acceptors (Lipinski definition) is 3. The average Bonchev–Trinajstić information content (AvgIpc) is 3.10. The van der Waals surface area contributed by atoms with Crippen molar-refractivity contribution < 1.29 is 14.3 Å². The Bertz CT molecular complexity index is 961. The average molecular weight is 378 g/mol. The van der Waals surface area contributed by atoms with Crippen LogP contribution in [0.5, 0.6) is 0 Å². The molecule has 1 N–H and O–H groups in total. The fraction of sp³-hybridized carbons (Fsp3) is 0.304. The van der Waals surface area contributed by atoms with Crippen LogP contribution in [0, 0.1) is 0 Å². The summed E-state index contributed by atoms with van der Waals surface area (Å²) in [6, 6.07) is 15.6. The van der Waals surface area contributed by atoms with Crippen molar-refractivity contribution in [3.05, 3.63) is 65.4 Å². The minimum atomic E-state index is -0.297. The molecule has 5 heteroatoms. The van der Waals surface area contributed by atoms with E-state index in [1.807, 2.05) is 36.4 Å². The molecule has 0 aliphatic rings. The van der Waals surface area contributed by atoms with Crippen molar-refractivity contribution >= 4 is 29.0 Å². The predicted molar refractivity (Wildman–Crippen MR) is 112 cm³/mol. The number of anilines is 1. The number of aromatic amines is 1. The number of ether oxygens (including phenoxy) is 1. The van der Waals surface area contributed by atoms with Crippen molar-refractivity contribution in [3.8, 4) is 0 Å². The van der Waals surface area contributed by atoms with E-state index in [0.29, 0.717) is 18.6 Å². The lowest BCUT2D eigenvalue weighted by molar-refractivity contribution is -0.107. The molecule has 0 aliphatic heterocycles. The summed E-state index contributed by atoms with van der Waals surface area (Å²) < 4.78 is 5.16. The molecular weight excluding hydrogens is 352 g/mol. The standard InChI is InChI=1S/C23H26N2O3/c1-3-5-12-25(16-26)20-10-11-22-18(15-20)14-19(24-22)13-17-8-6-7-9-21(17)23(27)28-4-2/h6-11,14-16,24H,3-5,12-13H2,1-2H3. The number of fused-ring (bicyclic) bond motifs is 1. The quantitative estimate of drug-likeness (QED) is 0.434. The van der Waals surface area contributed by atoms with E-state index < -0.39 is 0 Å². The van der Waals surface area contributed by atoms with Gasteiger partial charge in [-0.2, -0.15) is 0 Å². The summed E-state index contributed by atoms with van der Waals surface area (Å²) in [6.45, 7) is 4.99. The number of aromatic nitrogens is 1. The number of carbonyl (C=O) groups excluding carboxylic acids is 2. The first-order chi connectivity index (χ1) is 13.7. The molecule has 5 nitrogen and oxygen atoms in total. The third-order valence-corrected chi connectivity index (χ3v) is 4.77. The van der Waals surface area contributed by atoms with Gasteiger partial charge in [-0.25, -0.2) is 4.79 Å². The second kappa shape index (κ2) is 9.22. The Kier molecular flexibility index (Phi) is 6.48. The highest BCUT2D eigenvalue weighted by atomic mass is 16.5. The summed E-state index contributed by atoms with van der Waals surface area (Å²) in [6.07, 6.45) is 3.51. The first-order valence-electron chi connectivity index (χ1n) is 9.74. The van der Waals surface area contributed by atoms with E-state index in [2.05, 4.69) is 18.0 Å². The maximum Gasteiger partial charge on any atom is 0.338 e. The molecule has 0 fully saturated rings. The number of carbonyl (C=O) groups is 2. The number of benzene rings is 2. The first-order valence-corrected chi connectivity index (χ1v) is 9.74. The molecule has 0 radical (unpaired) electrons. The maximum absolute atomic E-state index is 12.2. The van der Waals surface area contributed by atoms with Gasteiger partial charge >= 0.3 is 5.97 Å². The topological polar surface area (TPSA) is 62.4 Å². The molecule has 0 saturated heterocycles. The van der Waals surface area contributed by atoms with Crippen LogP contribution >= 0.6 is 0 Å². The van der Waals surface area contributed by atoms with Crippen LogP contribution in [0.1, 0.15) is 48.3 Å². The molecule has 0 unspecified atom stereocenters.